The number of benzene rings is 1. The molecular weight excluding hydrogens is 368 g/mol. The molecule has 3 rings (SSSR count). The second-order valence-electron chi connectivity index (χ2n) is 6.70. The van der Waals surface area contributed by atoms with Gasteiger partial charge in [-0.3, -0.25) is 4.79 Å². The van der Waals surface area contributed by atoms with Gasteiger partial charge in [-0.25, -0.2) is 13.1 Å². The maximum absolute atomic E-state index is 12.3. The molecule has 0 atom stereocenters. The van der Waals surface area contributed by atoms with Crippen molar-refractivity contribution in [1.82, 2.24) is 9.62 Å². The number of rotatable bonds is 6. The molecule has 0 aliphatic carbocycles. The van der Waals surface area contributed by atoms with Crippen LogP contribution in [0.2, 0.25) is 0 Å². The zero-order chi connectivity index (χ0) is 18.6. The fourth-order valence-corrected chi connectivity index (χ4v) is 5.53. The van der Waals surface area contributed by atoms with Crippen molar-refractivity contribution in [1.29, 1.82) is 0 Å². The van der Waals surface area contributed by atoms with Crippen molar-refractivity contribution in [2.45, 2.75) is 30.4 Å². The zero-order valence-electron chi connectivity index (χ0n) is 14.8. The minimum atomic E-state index is -3.60. The summed E-state index contributed by atoms with van der Waals surface area (Å²) in [6.07, 6.45) is 2.95. The van der Waals surface area contributed by atoms with E-state index in [1.807, 2.05) is 13.0 Å². The molecule has 7 heteroatoms. The maximum Gasteiger partial charge on any atom is 0.250 e. The summed E-state index contributed by atoms with van der Waals surface area (Å²) in [4.78, 5) is 15.0. The number of sulfonamides is 1. The Bertz CT molecular complexity index is 839. The number of nitrogens with zero attached hydrogens (tertiary/aromatic N) is 1. The molecule has 0 saturated carbocycles. The van der Waals surface area contributed by atoms with Crippen LogP contribution in [0.1, 0.15) is 23.3 Å². The first-order valence-electron chi connectivity index (χ1n) is 8.82. The van der Waals surface area contributed by atoms with Crippen LogP contribution >= 0.6 is 11.3 Å². The highest BCUT2D eigenvalue weighted by Crippen LogP contribution is 2.22. The van der Waals surface area contributed by atoms with Crippen LogP contribution in [0, 0.1) is 12.8 Å². The van der Waals surface area contributed by atoms with E-state index in [1.54, 1.807) is 17.0 Å². The maximum atomic E-state index is 12.3. The lowest BCUT2D eigenvalue weighted by Crippen LogP contribution is -2.44. The molecule has 1 aromatic carbocycles. The number of likely N-dealkylation sites (tertiary alicyclic amines) is 1. The van der Waals surface area contributed by atoms with Crippen molar-refractivity contribution in [2.75, 3.05) is 19.6 Å². The summed E-state index contributed by atoms with van der Waals surface area (Å²) in [5.41, 5.74) is 1.33. The lowest BCUT2D eigenvalue weighted by molar-refractivity contribution is -0.131. The third-order valence-corrected chi connectivity index (χ3v) is 7.62. The first-order valence-corrected chi connectivity index (χ1v) is 11.1. The van der Waals surface area contributed by atoms with Crippen LogP contribution in [0.15, 0.2) is 46.7 Å². The second kappa shape index (κ2) is 8.33. The number of nitrogens with one attached hydrogen (secondary N) is 1. The van der Waals surface area contributed by atoms with E-state index in [9.17, 15) is 13.2 Å². The summed E-state index contributed by atoms with van der Waals surface area (Å²) in [7, 11) is -3.60. The highest BCUT2D eigenvalue weighted by Gasteiger charge is 2.24. The van der Waals surface area contributed by atoms with Crippen molar-refractivity contribution >= 4 is 27.3 Å². The Morgan fingerprint density at radius 3 is 2.46 bits per heavy atom. The van der Waals surface area contributed by atoms with E-state index in [4.69, 9.17) is 0 Å². The topological polar surface area (TPSA) is 66.5 Å². The molecule has 0 bridgehead atoms. The Labute approximate surface area is 159 Å². The van der Waals surface area contributed by atoms with Crippen molar-refractivity contribution in [3.8, 4) is 0 Å². The first-order chi connectivity index (χ1) is 12.4. The molecule has 0 unspecified atom stereocenters. The van der Waals surface area contributed by atoms with Gasteiger partial charge in [0.15, 0.2) is 0 Å². The van der Waals surface area contributed by atoms with Gasteiger partial charge in [0.25, 0.3) is 10.0 Å². The smallest absolute Gasteiger partial charge is 0.250 e. The summed E-state index contributed by atoms with van der Waals surface area (Å²) in [6, 6.07) is 13.7. The number of carbonyl (C=O) groups is 1. The molecule has 26 heavy (non-hydrogen) atoms. The van der Waals surface area contributed by atoms with Crippen LogP contribution in [0.3, 0.4) is 0 Å². The van der Waals surface area contributed by atoms with E-state index in [0.717, 1.165) is 24.1 Å². The van der Waals surface area contributed by atoms with E-state index < -0.39 is 10.0 Å². The van der Waals surface area contributed by atoms with Gasteiger partial charge in [-0.15, -0.1) is 11.3 Å². The fourth-order valence-electron chi connectivity index (χ4n) is 3.23. The summed E-state index contributed by atoms with van der Waals surface area (Å²) in [6.45, 7) is 3.06. The standard InChI is InChI=1S/C19H24N2O3S2/c1-15-7-8-19(25-15)26(23,24)20-14-18(22)21-11-9-17(10-12-21)13-16-5-3-2-4-6-16/h2-8,17,20H,9-14H2,1H3. The minimum absolute atomic E-state index is 0.153. The third-order valence-electron chi connectivity index (χ3n) is 4.73. The molecule has 1 aliphatic rings. The van der Waals surface area contributed by atoms with Gasteiger partial charge in [0, 0.05) is 18.0 Å². The van der Waals surface area contributed by atoms with E-state index in [2.05, 4.69) is 29.0 Å². The molecule has 0 radical (unpaired) electrons. The van der Waals surface area contributed by atoms with Gasteiger partial charge in [-0.05, 0) is 49.8 Å². The number of piperidine rings is 1. The molecule has 140 valence electrons. The van der Waals surface area contributed by atoms with Gasteiger partial charge < -0.3 is 4.90 Å². The number of carbonyl (C=O) groups excluding carboxylic acids is 1. The van der Waals surface area contributed by atoms with E-state index in [0.29, 0.717) is 19.0 Å². The molecule has 0 spiro atoms. The van der Waals surface area contributed by atoms with E-state index in [-0.39, 0.29) is 16.7 Å². The third kappa shape index (κ3) is 4.93. The fraction of sp³-hybridized carbons (Fsp3) is 0.421. The molecule has 1 amide bonds. The van der Waals surface area contributed by atoms with Crippen molar-refractivity contribution < 1.29 is 13.2 Å². The van der Waals surface area contributed by atoms with Crippen molar-refractivity contribution in [3.05, 3.63) is 52.9 Å². The summed E-state index contributed by atoms with van der Waals surface area (Å²) < 4.78 is 27.1. The number of hydrogen-bond donors (Lipinski definition) is 1. The molecular formula is C19H24N2O3S2. The monoisotopic (exact) mass is 392 g/mol. The largest absolute Gasteiger partial charge is 0.342 e. The van der Waals surface area contributed by atoms with Gasteiger partial charge >= 0.3 is 0 Å². The number of thiophene rings is 1. The Morgan fingerprint density at radius 1 is 1.15 bits per heavy atom. The number of aryl methyl sites for hydroxylation is 1. The summed E-state index contributed by atoms with van der Waals surface area (Å²) in [5, 5.41) is 0. The number of amides is 1. The molecule has 2 heterocycles. The van der Waals surface area contributed by atoms with Gasteiger partial charge in [0.1, 0.15) is 4.21 Å². The first kappa shape index (κ1) is 19.1. The van der Waals surface area contributed by atoms with Gasteiger partial charge in [0.2, 0.25) is 5.91 Å². The van der Waals surface area contributed by atoms with Crippen molar-refractivity contribution in [3.63, 3.8) is 0 Å². The van der Waals surface area contributed by atoms with E-state index in [1.165, 1.54) is 16.9 Å². The Morgan fingerprint density at radius 2 is 1.85 bits per heavy atom. The van der Waals surface area contributed by atoms with Crippen LogP contribution < -0.4 is 4.72 Å². The average molecular weight is 393 g/mol. The predicted molar refractivity (Wildman–Crippen MR) is 104 cm³/mol. The molecule has 5 nitrogen and oxygen atoms in total. The van der Waals surface area contributed by atoms with Crippen LogP contribution in [-0.4, -0.2) is 38.9 Å². The average Bonchev–Trinajstić information content (AvgIpc) is 3.09. The van der Waals surface area contributed by atoms with Crippen LogP contribution in [0.4, 0.5) is 0 Å². The van der Waals surface area contributed by atoms with Crippen molar-refractivity contribution in [2.24, 2.45) is 5.92 Å². The molecule has 1 saturated heterocycles. The second-order valence-corrected chi connectivity index (χ2v) is 9.99. The lowest BCUT2D eigenvalue weighted by Gasteiger charge is -2.32. The summed E-state index contributed by atoms with van der Waals surface area (Å²) >= 11 is 1.21. The predicted octanol–water partition coefficient (Wildman–Crippen LogP) is 2.82. The highest BCUT2D eigenvalue weighted by atomic mass is 32.2. The minimum Gasteiger partial charge on any atom is -0.342 e. The van der Waals surface area contributed by atoms with E-state index >= 15 is 0 Å². The lowest BCUT2D eigenvalue weighted by atomic mass is 9.90. The molecule has 1 N–H and O–H groups in total. The van der Waals surface area contributed by atoms with Crippen LogP contribution in [0.5, 0.6) is 0 Å². The Hall–Kier alpha value is -1.70. The highest BCUT2D eigenvalue weighted by molar-refractivity contribution is 7.91. The summed E-state index contributed by atoms with van der Waals surface area (Å²) in [5.74, 6) is 0.423. The quantitative estimate of drug-likeness (QED) is 0.822. The van der Waals surface area contributed by atoms with Crippen LogP contribution in [0.25, 0.3) is 0 Å². The van der Waals surface area contributed by atoms with Gasteiger partial charge in [-0.1, -0.05) is 30.3 Å². The molecule has 1 aromatic heterocycles. The van der Waals surface area contributed by atoms with Crippen LogP contribution in [-0.2, 0) is 21.2 Å². The molecule has 1 fully saturated rings. The van der Waals surface area contributed by atoms with Gasteiger partial charge in [0.05, 0.1) is 6.54 Å². The molecule has 2 aromatic rings. The molecule has 1 aliphatic heterocycles. The Kier molecular flexibility index (Phi) is 6.11. The van der Waals surface area contributed by atoms with Gasteiger partial charge in [-0.2, -0.15) is 0 Å². The SMILES string of the molecule is Cc1ccc(S(=O)(=O)NCC(=O)N2CCC(Cc3ccccc3)CC2)s1. The zero-order valence-corrected chi connectivity index (χ0v) is 16.5. The Balaban J connectivity index is 1.46. The number of hydrogen-bond acceptors (Lipinski definition) is 4. The normalized spacial score (nSPS) is 16.0.